The van der Waals surface area contributed by atoms with Crippen molar-refractivity contribution in [1.82, 2.24) is 10.4 Å². The van der Waals surface area contributed by atoms with Gasteiger partial charge in [0, 0.05) is 16.5 Å². The summed E-state index contributed by atoms with van der Waals surface area (Å²) in [5.41, 5.74) is 4.43. The van der Waals surface area contributed by atoms with Crippen LogP contribution in [0, 0.1) is 0 Å². The zero-order valence-corrected chi connectivity index (χ0v) is 14.7. The molecule has 26 heavy (non-hydrogen) atoms. The molecule has 1 heterocycles. The highest BCUT2D eigenvalue weighted by Gasteiger charge is 2.10. The molecular weight excluding hydrogens is 334 g/mol. The minimum atomic E-state index is -0.349. The van der Waals surface area contributed by atoms with E-state index in [1.54, 1.807) is 33.5 Å². The topological polar surface area (TPSA) is 84.9 Å². The highest BCUT2D eigenvalue weighted by Crippen LogP contribution is 2.29. The number of para-hydroxylation sites is 1. The number of ether oxygens (including phenoxy) is 3. The maximum atomic E-state index is 12.3. The molecule has 2 aromatic carbocycles. The first-order valence-electron chi connectivity index (χ1n) is 7.87. The van der Waals surface area contributed by atoms with Crippen molar-refractivity contribution in [1.29, 1.82) is 0 Å². The molecule has 0 spiro atoms. The van der Waals surface area contributed by atoms with Crippen molar-refractivity contribution in [2.75, 3.05) is 21.3 Å². The number of fused-ring (bicyclic) bond motifs is 1. The average Bonchev–Trinajstić information content (AvgIpc) is 3.10. The lowest BCUT2D eigenvalue weighted by Crippen LogP contribution is -2.17. The van der Waals surface area contributed by atoms with E-state index >= 15 is 0 Å². The maximum absolute atomic E-state index is 12.3. The fraction of sp³-hybridized carbons (Fsp3) is 0.158. The van der Waals surface area contributed by atoms with Gasteiger partial charge in [0.05, 0.1) is 27.5 Å². The summed E-state index contributed by atoms with van der Waals surface area (Å²) in [6, 6.07) is 12.7. The van der Waals surface area contributed by atoms with Crippen molar-refractivity contribution >= 4 is 23.0 Å². The second-order valence-electron chi connectivity index (χ2n) is 5.42. The molecule has 3 rings (SSSR count). The van der Waals surface area contributed by atoms with Gasteiger partial charge in [-0.25, -0.2) is 5.43 Å². The van der Waals surface area contributed by atoms with Gasteiger partial charge in [-0.15, -0.1) is 0 Å². The van der Waals surface area contributed by atoms with Crippen molar-refractivity contribution in [3.05, 3.63) is 53.7 Å². The number of hydrogen-bond donors (Lipinski definition) is 2. The number of H-pyrrole nitrogens is 1. The molecule has 0 radical (unpaired) electrons. The van der Waals surface area contributed by atoms with Gasteiger partial charge in [-0.1, -0.05) is 6.07 Å². The van der Waals surface area contributed by atoms with Crippen molar-refractivity contribution in [2.45, 2.75) is 0 Å². The first-order valence-corrected chi connectivity index (χ1v) is 7.87. The highest BCUT2D eigenvalue weighted by atomic mass is 16.5. The number of carbonyl (C=O) groups excluding carboxylic acids is 1. The second-order valence-corrected chi connectivity index (χ2v) is 5.42. The summed E-state index contributed by atoms with van der Waals surface area (Å²) in [5, 5.41) is 4.88. The van der Waals surface area contributed by atoms with Crippen LogP contribution in [-0.4, -0.2) is 38.4 Å². The minimum absolute atomic E-state index is 0.349. The van der Waals surface area contributed by atoms with Gasteiger partial charge >= 0.3 is 0 Å². The standard InChI is InChI=1S/C19H19N3O4/c1-24-14-7-8-15-13(9-14)10-16(21-15)19(23)22-20-11-12-5-4-6-17(25-2)18(12)26-3/h4-11,21H,1-3H3,(H,22,23). The van der Waals surface area contributed by atoms with Crippen molar-refractivity contribution in [3.63, 3.8) is 0 Å². The molecule has 7 heteroatoms. The number of hydrogen-bond acceptors (Lipinski definition) is 5. The summed E-state index contributed by atoms with van der Waals surface area (Å²) in [7, 11) is 4.71. The lowest BCUT2D eigenvalue weighted by Gasteiger charge is -2.09. The number of benzene rings is 2. The molecule has 1 amide bonds. The summed E-state index contributed by atoms with van der Waals surface area (Å²) in [4.78, 5) is 15.3. The van der Waals surface area contributed by atoms with E-state index in [-0.39, 0.29) is 5.91 Å². The normalized spacial score (nSPS) is 10.9. The molecule has 0 saturated heterocycles. The third kappa shape index (κ3) is 3.46. The van der Waals surface area contributed by atoms with Crippen LogP contribution in [0.3, 0.4) is 0 Å². The van der Waals surface area contributed by atoms with E-state index in [9.17, 15) is 4.79 Å². The Labute approximate surface area is 150 Å². The quantitative estimate of drug-likeness (QED) is 0.527. The molecule has 0 saturated carbocycles. The Balaban J connectivity index is 1.76. The van der Waals surface area contributed by atoms with Crippen molar-refractivity contribution in [3.8, 4) is 17.2 Å². The third-order valence-corrected chi connectivity index (χ3v) is 3.88. The average molecular weight is 353 g/mol. The van der Waals surface area contributed by atoms with Gasteiger partial charge < -0.3 is 19.2 Å². The molecule has 0 aliphatic heterocycles. The number of aromatic amines is 1. The van der Waals surface area contributed by atoms with Gasteiger partial charge in [0.1, 0.15) is 11.4 Å². The SMILES string of the molecule is COc1ccc2[nH]c(C(=O)NN=Cc3cccc(OC)c3OC)cc2c1. The molecule has 3 aromatic rings. The van der Waals surface area contributed by atoms with E-state index in [4.69, 9.17) is 14.2 Å². The lowest BCUT2D eigenvalue weighted by molar-refractivity contribution is 0.0951. The molecule has 134 valence electrons. The summed E-state index contributed by atoms with van der Waals surface area (Å²) < 4.78 is 15.7. The van der Waals surface area contributed by atoms with Gasteiger partial charge in [-0.3, -0.25) is 4.79 Å². The van der Waals surface area contributed by atoms with Gasteiger partial charge in [0.15, 0.2) is 11.5 Å². The predicted octanol–water partition coefficient (Wildman–Crippen LogP) is 2.96. The van der Waals surface area contributed by atoms with E-state index in [0.717, 1.165) is 16.7 Å². The highest BCUT2D eigenvalue weighted by molar-refractivity contribution is 5.98. The van der Waals surface area contributed by atoms with E-state index < -0.39 is 0 Å². The summed E-state index contributed by atoms with van der Waals surface area (Å²) in [5.74, 6) is 1.52. The molecule has 0 aliphatic rings. The number of rotatable bonds is 6. The summed E-state index contributed by atoms with van der Waals surface area (Å²) in [6.45, 7) is 0. The number of methoxy groups -OCH3 is 3. The van der Waals surface area contributed by atoms with Crippen molar-refractivity contribution < 1.29 is 19.0 Å². The van der Waals surface area contributed by atoms with Gasteiger partial charge in [-0.2, -0.15) is 5.10 Å². The van der Waals surface area contributed by atoms with Crippen LogP contribution in [-0.2, 0) is 0 Å². The molecule has 0 atom stereocenters. The molecule has 7 nitrogen and oxygen atoms in total. The zero-order chi connectivity index (χ0) is 18.5. The first kappa shape index (κ1) is 17.3. The van der Waals surface area contributed by atoms with Crippen LogP contribution in [0.15, 0.2) is 47.6 Å². The molecule has 1 aromatic heterocycles. The fourth-order valence-electron chi connectivity index (χ4n) is 2.59. The second kappa shape index (κ2) is 7.60. The Kier molecular flexibility index (Phi) is 5.07. The van der Waals surface area contributed by atoms with Gasteiger partial charge in [0.2, 0.25) is 0 Å². The number of hydrazone groups is 1. The monoisotopic (exact) mass is 353 g/mol. The summed E-state index contributed by atoms with van der Waals surface area (Å²) >= 11 is 0. The molecule has 0 fully saturated rings. The number of nitrogens with zero attached hydrogens (tertiary/aromatic N) is 1. The zero-order valence-electron chi connectivity index (χ0n) is 14.7. The number of aromatic nitrogens is 1. The van der Waals surface area contributed by atoms with Gasteiger partial charge in [0.25, 0.3) is 5.91 Å². The smallest absolute Gasteiger partial charge is 0.287 e. The lowest BCUT2D eigenvalue weighted by atomic mass is 10.2. The van der Waals surface area contributed by atoms with Crippen LogP contribution in [0.2, 0.25) is 0 Å². The Morgan fingerprint density at radius 1 is 1.08 bits per heavy atom. The third-order valence-electron chi connectivity index (χ3n) is 3.88. The van der Waals surface area contributed by atoms with Crippen LogP contribution in [0.1, 0.15) is 16.1 Å². The van der Waals surface area contributed by atoms with Crippen molar-refractivity contribution in [2.24, 2.45) is 5.10 Å². The van der Waals surface area contributed by atoms with E-state index in [1.807, 2.05) is 30.3 Å². The Hall–Kier alpha value is -3.48. The molecule has 0 aliphatic carbocycles. The maximum Gasteiger partial charge on any atom is 0.287 e. The van der Waals surface area contributed by atoms with E-state index in [1.165, 1.54) is 6.21 Å². The number of amides is 1. The first-order chi connectivity index (χ1) is 12.7. The van der Waals surface area contributed by atoms with Crippen LogP contribution in [0.4, 0.5) is 0 Å². The Morgan fingerprint density at radius 2 is 1.92 bits per heavy atom. The Bertz CT molecular complexity index is 963. The van der Waals surface area contributed by atoms with Crippen LogP contribution in [0.5, 0.6) is 17.2 Å². The predicted molar refractivity (Wildman–Crippen MR) is 99.5 cm³/mol. The molecule has 2 N–H and O–H groups in total. The Morgan fingerprint density at radius 3 is 2.65 bits per heavy atom. The van der Waals surface area contributed by atoms with Crippen LogP contribution < -0.4 is 19.6 Å². The van der Waals surface area contributed by atoms with E-state index in [2.05, 4.69) is 15.5 Å². The molecule has 0 unspecified atom stereocenters. The summed E-state index contributed by atoms with van der Waals surface area (Å²) in [6.07, 6.45) is 1.50. The fourth-order valence-corrected chi connectivity index (χ4v) is 2.59. The molecule has 0 bridgehead atoms. The largest absolute Gasteiger partial charge is 0.497 e. The van der Waals surface area contributed by atoms with Crippen LogP contribution >= 0.6 is 0 Å². The van der Waals surface area contributed by atoms with E-state index in [0.29, 0.717) is 22.8 Å². The minimum Gasteiger partial charge on any atom is -0.497 e. The number of carbonyl (C=O) groups is 1. The van der Waals surface area contributed by atoms with Crippen LogP contribution in [0.25, 0.3) is 10.9 Å². The number of nitrogens with one attached hydrogen (secondary N) is 2. The van der Waals surface area contributed by atoms with Gasteiger partial charge in [-0.05, 0) is 36.4 Å². The molecular formula is C19H19N3O4.